The van der Waals surface area contributed by atoms with Crippen molar-refractivity contribution in [2.24, 2.45) is 0 Å². The summed E-state index contributed by atoms with van der Waals surface area (Å²) in [5, 5.41) is 9.29. The fourth-order valence-electron chi connectivity index (χ4n) is 3.12. The molecule has 5 nitrogen and oxygen atoms in total. The maximum atomic E-state index is 13.0. The van der Waals surface area contributed by atoms with Crippen LogP contribution in [0.5, 0.6) is 0 Å². The zero-order valence-corrected chi connectivity index (χ0v) is 14.9. The predicted octanol–water partition coefficient (Wildman–Crippen LogP) is 2.89. The van der Waals surface area contributed by atoms with Gasteiger partial charge >= 0.3 is 5.97 Å². The number of ketones is 1. The quantitative estimate of drug-likeness (QED) is 0.636. The number of aromatic nitrogens is 1. The SMILES string of the molecule is CCCc1ccc(C(=O)c2c([S+](C)[O-])cc3n2CC=C3C(=O)O)cc1. The standard InChI is InChI=1S/C19H19NO4S/c1-3-4-12-5-7-13(8-6-12)18(21)17-16(25(2)24)11-15-14(19(22)23)9-10-20(15)17/h5-9,11H,3-4,10H2,1-2H3,(H,22,23). The lowest BCUT2D eigenvalue weighted by atomic mass is 10.0. The Labute approximate surface area is 149 Å². The highest BCUT2D eigenvalue weighted by atomic mass is 32.2. The summed E-state index contributed by atoms with van der Waals surface area (Å²) in [7, 11) is 0. The van der Waals surface area contributed by atoms with Crippen LogP contribution < -0.4 is 0 Å². The van der Waals surface area contributed by atoms with Crippen LogP contribution in [0.4, 0.5) is 0 Å². The van der Waals surface area contributed by atoms with Crippen molar-refractivity contribution in [3.05, 3.63) is 58.9 Å². The molecule has 1 unspecified atom stereocenters. The molecule has 1 aromatic heterocycles. The number of carboxylic acids is 1. The highest BCUT2D eigenvalue weighted by molar-refractivity contribution is 7.90. The normalized spacial score (nSPS) is 14.1. The Kier molecular flexibility index (Phi) is 4.83. The maximum absolute atomic E-state index is 13.0. The van der Waals surface area contributed by atoms with Gasteiger partial charge in [0.25, 0.3) is 0 Å². The van der Waals surface area contributed by atoms with Crippen molar-refractivity contribution in [2.45, 2.75) is 31.2 Å². The van der Waals surface area contributed by atoms with E-state index in [-0.39, 0.29) is 11.4 Å². The Hall–Kier alpha value is -2.31. The number of carboxylic acid groups (broad SMARTS) is 1. The highest BCUT2D eigenvalue weighted by Gasteiger charge is 2.32. The number of hydrogen-bond donors (Lipinski definition) is 1. The molecule has 2 aromatic rings. The van der Waals surface area contributed by atoms with Gasteiger partial charge in [-0.15, -0.1) is 0 Å². The summed E-state index contributed by atoms with van der Waals surface area (Å²) in [6.45, 7) is 2.39. The Morgan fingerprint density at radius 1 is 1.28 bits per heavy atom. The van der Waals surface area contributed by atoms with Crippen LogP contribution in [0.1, 0.15) is 40.7 Å². The molecule has 1 atom stereocenters. The molecule has 1 aromatic carbocycles. The molecule has 3 rings (SSSR count). The summed E-state index contributed by atoms with van der Waals surface area (Å²) in [5.74, 6) is -1.29. The van der Waals surface area contributed by atoms with E-state index >= 15 is 0 Å². The van der Waals surface area contributed by atoms with E-state index in [1.165, 1.54) is 6.26 Å². The Morgan fingerprint density at radius 2 is 1.96 bits per heavy atom. The highest BCUT2D eigenvalue weighted by Crippen LogP contribution is 2.32. The van der Waals surface area contributed by atoms with Crippen LogP contribution in [0.25, 0.3) is 5.57 Å². The molecule has 1 N–H and O–H groups in total. The lowest BCUT2D eigenvalue weighted by Gasteiger charge is -2.09. The van der Waals surface area contributed by atoms with E-state index in [9.17, 15) is 19.2 Å². The lowest BCUT2D eigenvalue weighted by Crippen LogP contribution is -2.13. The lowest BCUT2D eigenvalue weighted by molar-refractivity contribution is -0.130. The number of nitrogens with zero attached hydrogens (tertiary/aromatic N) is 1. The number of allylic oxidation sites excluding steroid dienone is 1. The van der Waals surface area contributed by atoms with Crippen molar-refractivity contribution < 1.29 is 19.2 Å². The van der Waals surface area contributed by atoms with Crippen molar-refractivity contribution >= 4 is 28.5 Å². The van der Waals surface area contributed by atoms with Crippen LogP contribution in [0, 0.1) is 0 Å². The van der Waals surface area contributed by atoms with Crippen LogP contribution in [0.15, 0.2) is 41.3 Å². The Bertz CT molecular complexity index is 862. The summed E-state index contributed by atoms with van der Waals surface area (Å²) >= 11 is -1.39. The smallest absolute Gasteiger partial charge is 0.337 e. The second kappa shape index (κ2) is 6.90. The molecule has 0 spiro atoms. The number of aliphatic carboxylic acids is 1. The number of carbonyl (C=O) groups excluding carboxylic acids is 1. The first-order chi connectivity index (χ1) is 11.9. The largest absolute Gasteiger partial charge is 0.612 e. The summed E-state index contributed by atoms with van der Waals surface area (Å²) in [6, 6.07) is 8.95. The molecule has 0 fully saturated rings. The summed E-state index contributed by atoms with van der Waals surface area (Å²) in [4.78, 5) is 24.7. The summed E-state index contributed by atoms with van der Waals surface area (Å²) < 4.78 is 13.7. The first kappa shape index (κ1) is 17.5. The maximum Gasteiger partial charge on any atom is 0.337 e. The Morgan fingerprint density at radius 3 is 2.52 bits per heavy atom. The van der Waals surface area contributed by atoms with Crippen LogP contribution in [-0.4, -0.2) is 32.2 Å². The zero-order valence-electron chi connectivity index (χ0n) is 14.1. The van der Waals surface area contributed by atoms with Gasteiger partial charge < -0.3 is 14.2 Å². The van der Waals surface area contributed by atoms with Crippen LogP contribution in [0.2, 0.25) is 0 Å². The van der Waals surface area contributed by atoms with Gasteiger partial charge in [-0.1, -0.05) is 37.6 Å². The zero-order chi connectivity index (χ0) is 18.1. The van der Waals surface area contributed by atoms with E-state index in [2.05, 4.69) is 6.92 Å². The summed E-state index contributed by atoms with van der Waals surface area (Å²) in [5.41, 5.74) is 2.56. The van der Waals surface area contributed by atoms with Gasteiger partial charge in [0.05, 0.1) is 11.3 Å². The fraction of sp³-hybridized carbons (Fsp3) is 0.263. The second-order valence-electron chi connectivity index (χ2n) is 6.01. The summed E-state index contributed by atoms with van der Waals surface area (Å²) in [6.07, 6.45) is 5.05. The first-order valence-corrected chi connectivity index (χ1v) is 9.64. The molecular formula is C19H19NO4S. The van der Waals surface area contributed by atoms with Crippen molar-refractivity contribution in [1.82, 2.24) is 4.57 Å². The number of fused-ring (bicyclic) bond motifs is 1. The van der Waals surface area contributed by atoms with Crippen LogP contribution >= 0.6 is 0 Å². The van der Waals surface area contributed by atoms with Gasteiger partial charge in [-0.05, 0) is 29.2 Å². The molecule has 0 radical (unpaired) electrons. The minimum Gasteiger partial charge on any atom is -0.612 e. The molecular weight excluding hydrogens is 338 g/mol. The van der Waals surface area contributed by atoms with E-state index in [1.54, 1.807) is 28.8 Å². The van der Waals surface area contributed by atoms with Crippen LogP contribution in [-0.2, 0) is 28.9 Å². The van der Waals surface area contributed by atoms with Crippen molar-refractivity contribution in [3.8, 4) is 0 Å². The number of carbonyl (C=O) groups is 2. The third-order valence-electron chi connectivity index (χ3n) is 4.33. The predicted molar refractivity (Wildman–Crippen MR) is 96.2 cm³/mol. The average molecular weight is 357 g/mol. The van der Waals surface area contributed by atoms with Crippen molar-refractivity contribution in [2.75, 3.05) is 6.26 Å². The van der Waals surface area contributed by atoms with E-state index in [0.717, 1.165) is 18.4 Å². The van der Waals surface area contributed by atoms with Crippen molar-refractivity contribution in [3.63, 3.8) is 0 Å². The van der Waals surface area contributed by atoms with E-state index < -0.39 is 17.1 Å². The minimum absolute atomic E-state index is 0.143. The molecule has 1 aliphatic heterocycles. The average Bonchev–Trinajstić information content (AvgIpc) is 3.13. The number of hydrogen-bond acceptors (Lipinski definition) is 3. The molecule has 0 aliphatic carbocycles. The molecule has 6 heteroatoms. The fourth-order valence-corrected chi connectivity index (χ4v) is 3.88. The van der Waals surface area contributed by atoms with Gasteiger partial charge in [0, 0.05) is 18.2 Å². The molecule has 0 saturated heterocycles. The van der Waals surface area contributed by atoms with Gasteiger partial charge in [0.1, 0.15) is 11.9 Å². The number of rotatable bonds is 6. The number of benzene rings is 1. The molecule has 0 bridgehead atoms. The van der Waals surface area contributed by atoms with Gasteiger partial charge in [-0.3, -0.25) is 4.79 Å². The molecule has 1 aliphatic rings. The molecule has 2 heterocycles. The van der Waals surface area contributed by atoms with Gasteiger partial charge in [-0.2, -0.15) is 0 Å². The van der Waals surface area contributed by atoms with Crippen LogP contribution in [0.3, 0.4) is 0 Å². The topological polar surface area (TPSA) is 82.4 Å². The van der Waals surface area contributed by atoms with E-state index in [0.29, 0.717) is 28.4 Å². The monoisotopic (exact) mass is 357 g/mol. The Balaban J connectivity index is 2.03. The third-order valence-corrected chi connectivity index (χ3v) is 5.26. The first-order valence-electron chi connectivity index (χ1n) is 8.08. The second-order valence-corrected chi connectivity index (χ2v) is 7.35. The van der Waals surface area contributed by atoms with Crippen molar-refractivity contribution in [1.29, 1.82) is 0 Å². The third kappa shape index (κ3) is 3.15. The molecule has 0 amide bonds. The van der Waals surface area contributed by atoms with E-state index in [4.69, 9.17) is 0 Å². The molecule has 0 saturated carbocycles. The van der Waals surface area contributed by atoms with E-state index in [1.807, 2.05) is 12.1 Å². The van der Waals surface area contributed by atoms with Gasteiger partial charge in [-0.25, -0.2) is 4.79 Å². The van der Waals surface area contributed by atoms with Gasteiger partial charge in [0.15, 0.2) is 4.90 Å². The molecule has 25 heavy (non-hydrogen) atoms. The number of aryl methyl sites for hydroxylation is 1. The minimum atomic E-state index is -1.39. The van der Waals surface area contributed by atoms with Gasteiger partial charge in [0.2, 0.25) is 5.78 Å². The molecule has 130 valence electrons.